The van der Waals surface area contributed by atoms with E-state index in [0.717, 1.165) is 11.3 Å². The summed E-state index contributed by atoms with van der Waals surface area (Å²) in [6, 6.07) is 9.57. The molecular formula is C19H24N4O3S. The Balaban J connectivity index is 1.81. The summed E-state index contributed by atoms with van der Waals surface area (Å²) in [6.07, 6.45) is 3.92. The highest BCUT2D eigenvalue weighted by molar-refractivity contribution is 7.98. The first-order chi connectivity index (χ1) is 13.1. The highest BCUT2D eigenvalue weighted by atomic mass is 32.2. The lowest BCUT2D eigenvalue weighted by atomic mass is 9.88. The van der Waals surface area contributed by atoms with Gasteiger partial charge in [0.25, 0.3) is 0 Å². The van der Waals surface area contributed by atoms with Crippen molar-refractivity contribution in [2.24, 2.45) is 0 Å². The molecule has 1 N–H and O–H groups in total. The fourth-order valence-corrected chi connectivity index (χ4v) is 4.06. The molecule has 2 amide bonds. The Kier molecular flexibility index (Phi) is 6.49. The molecule has 1 aromatic heterocycles. The zero-order valence-corrected chi connectivity index (χ0v) is 16.3. The lowest BCUT2D eigenvalue weighted by Gasteiger charge is -2.24. The molecule has 0 bridgehead atoms. The molecule has 8 heteroatoms. The van der Waals surface area contributed by atoms with E-state index >= 15 is 0 Å². The van der Waals surface area contributed by atoms with Crippen molar-refractivity contribution in [1.29, 1.82) is 0 Å². The van der Waals surface area contributed by atoms with Crippen LogP contribution in [0.25, 0.3) is 0 Å². The normalized spacial score (nSPS) is 20.4. The fraction of sp³-hybridized carbons (Fsp3) is 0.474. The van der Waals surface area contributed by atoms with Gasteiger partial charge in [-0.05, 0) is 24.0 Å². The minimum atomic E-state index is -0.504. The van der Waals surface area contributed by atoms with Gasteiger partial charge >= 0.3 is 0 Å². The minimum absolute atomic E-state index is 0.0337. The van der Waals surface area contributed by atoms with Gasteiger partial charge in [0.2, 0.25) is 18.2 Å². The number of carbonyl (C=O) groups is 2. The smallest absolute Gasteiger partial charge is 0.245 e. The van der Waals surface area contributed by atoms with Gasteiger partial charge in [-0.2, -0.15) is 16.7 Å². The second-order valence-corrected chi connectivity index (χ2v) is 7.68. The van der Waals surface area contributed by atoms with Crippen LogP contribution in [0.15, 0.2) is 41.2 Å². The van der Waals surface area contributed by atoms with Crippen molar-refractivity contribution in [3.8, 4) is 0 Å². The van der Waals surface area contributed by atoms with Crippen molar-refractivity contribution in [1.82, 2.24) is 20.4 Å². The quantitative estimate of drug-likeness (QED) is 0.781. The molecule has 3 rings (SSSR count). The maximum Gasteiger partial charge on any atom is 0.245 e. The van der Waals surface area contributed by atoms with Crippen LogP contribution >= 0.6 is 11.8 Å². The second-order valence-electron chi connectivity index (χ2n) is 6.69. The summed E-state index contributed by atoms with van der Waals surface area (Å²) in [4.78, 5) is 30.7. The Morgan fingerprint density at radius 1 is 1.30 bits per heavy atom. The summed E-state index contributed by atoms with van der Waals surface area (Å²) in [6.45, 7) is 2.52. The van der Waals surface area contributed by atoms with Crippen LogP contribution in [-0.4, -0.2) is 58.0 Å². The van der Waals surface area contributed by atoms with Crippen molar-refractivity contribution in [3.63, 3.8) is 0 Å². The molecule has 0 unspecified atom stereocenters. The number of nitrogens with one attached hydrogen (secondary N) is 1. The molecule has 0 radical (unpaired) electrons. The SMILES string of the molecule is CSCC[C@H](NC(C)=O)C(=O)N1C[C@H](c2ncon2)[C@H](c2ccccc2)C1. The number of thioether (sulfide) groups is 1. The summed E-state index contributed by atoms with van der Waals surface area (Å²) in [5.41, 5.74) is 1.14. The second kappa shape index (κ2) is 9.03. The minimum Gasteiger partial charge on any atom is -0.345 e. The van der Waals surface area contributed by atoms with E-state index < -0.39 is 6.04 Å². The molecule has 144 valence electrons. The van der Waals surface area contributed by atoms with E-state index in [4.69, 9.17) is 4.52 Å². The lowest BCUT2D eigenvalue weighted by Crippen LogP contribution is -2.47. The van der Waals surface area contributed by atoms with Crippen molar-refractivity contribution >= 4 is 23.6 Å². The van der Waals surface area contributed by atoms with Gasteiger partial charge in [0, 0.05) is 31.8 Å². The van der Waals surface area contributed by atoms with E-state index in [1.165, 1.54) is 13.3 Å². The van der Waals surface area contributed by atoms with Gasteiger partial charge in [0.15, 0.2) is 5.82 Å². The monoisotopic (exact) mass is 388 g/mol. The highest BCUT2D eigenvalue weighted by Gasteiger charge is 2.41. The number of nitrogens with zero attached hydrogens (tertiary/aromatic N) is 3. The Labute approximate surface area is 162 Å². The predicted octanol–water partition coefficient (Wildman–Crippen LogP) is 2.04. The molecule has 0 aliphatic carbocycles. The molecule has 1 aromatic carbocycles. The Morgan fingerprint density at radius 2 is 2.04 bits per heavy atom. The van der Waals surface area contributed by atoms with E-state index in [-0.39, 0.29) is 23.7 Å². The van der Waals surface area contributed by atoms with Crippen LogP contribution in [0.1, 0.15) is 36.6 Å². The van der Waals surface area contributed by atoms with Crippen LogP contribution in [-0.2, 0) is 9.59 Å². The van der Waals surface area contributed by atoms with Crippen molar-refractivity contribution in [3.05, 3.63) is 48.1 Å². The molecule has 1 saturated heterocycles. The zero-order valence-electron chi connectivity index (χ0n) is 15.5. The number of aromatic nitrogens is 2. The van der Waals surface area contributed by atoms with Crippen LogP contribution < -0.4 is 5.32 Å². The maximum atomic E-state index is 13.1. The number of hydrogen-bond acceptors (Lipinski definition) is 6. The first kappa shape index (κ1) is 19.4. The van der Waals surface area contributed by atoms with Crippen LogP contribution in [0.4, 0.5) is 0 Å². The largest absolute Gasteiger partial charge is 0.345 e. The van der Waals surface area contributed by atoms with E-state index in [9.17, 15) is 9.59 Å². The van der Waals surface area contributed by atoms with Gasteiger partial charge in [0.05, 0.1) is 0 Å². The van der Waals surface area contributed by atoms with Gasteiger partial charge in [-0.15, -0.1) is 0 Å². The van der Waals surface area contributed by atoms with Crippen LogP contribution in [0, 0.1) is 0 Å². The summed E-state index contributed by atoms with van der Waals surface area (Å²) < 4.78 is 4.94. The Morgan fingerprint density at radius 3 is 2.67 bits per heavy atom. The third kappa shape index (κ3) is 4.68. The maximum absolute atomic E-state index is 13.1. The number of rotatable bonds is 7. The van der Waals surface area contributed by atoms with E-state index in [2.05, 4.69) is 27.6 Å². The Hall–Kier alpha value is -2.35. The van der Waals surface area contributed by atoms with Crippen LogP contribution in [0.3, 0.4) is 0 Å². The average molecular weight is 388 g/mol. The van der Waals surface area contributed by atoms with Crippen molar-refractivity contribution in [2.75, 3.05) is 25.1 Å². The number of amides is 2. The van der Waals surface area contributed by atoms with E-state index in [0.29, 0.717) is 25.3 Å². The third-order valence-corrected chi connectivity index (χ3v) is 5.50. The molecule has 7 nitrogen and oxygen atoms in total. The molecule has 3 atom stereocenters. The average Bonchev–Trinajstić information content (AvgIpc) is 3.34. The van der Waals surface area contributed by atoms with E-state index in [1.54, 1.807) is 11.8 Å². The lowest BCUT2D eigenvalue weighted by molar-refractivity contribution is -0.135. The van der Waals surface area contributed by atoms with Crippen LogP contribution in [0.2, 0.25) is 0 Å². The predicted molar refractivity (Wildman–Crippen MR) is 103 cm³/mol. The topological polar surface area (TPSA) is 88.3 Å². The number of carbonyl (C=O) groups excluding carboxylic acids is 2. The van der Waals surface area contributed by atoms with Crippen molar-refractivity contribution in [2.45, 2.75) is 31.2 Å². The molecular weight excluding hydrogens is 364 g/mol. The molecule has 1 aliphatic heterocycles. The fourth-order valence-electron chi connectivity index (χ4n) is 3.58. The van der Waals surface area contributed by atoms with E-state index in [1.807, 2.05) is 29.4 Å². The summed E-state index contributed by atoms with van der Waals surface area (Å²) in [7, 11) is 0. The molecule has 1 fully saturated rings. The van der Waals surface area contributed by atoms with Gasteiger partial charge in [-0.25, -0.2) is 0 Å². The van der Waals surface area contributed by atoms with Gasteiger partial charge in [-0.3, -0.25) is 9.59 Å². The van der Waals surface area contributed by atoms with Crippen LogP contribution in [0.5, 0.6) is 0 Å². The van der Waals surface area contributed by atoms with Gasteiger partial charge in [0.1, 0.15) is 6.04 Å². The molecule has 27 heavy (non-hydrogen) atoms. The van der Waals surface area contributed by atoms with Gasteiger partial charge in [-0.1, -0.05) is 35.5 Å². The number of likely N-dealkylation sites (tertiary alicyclic amines) is 1. The molecule has 1 aliphatic rings. The molecule has 0 saturated carbocycles. The number of hydrogen-bond donors (Lipinski definition) is 1. The summed E-state index contributed by atoms with van der Waals surface area (Å²) >= 11 is 1.66. The Bertz CT molecular complexity index is 754. The summed E-state index contributed by atoms with van der Waals surface area (Å²) in [5, 5.41) is 6.82. The number of benzene rings is 1. The standard InChI is InChI=1S/C19H24N4O3S/c1-13(24)21-17(8-9-27-2)19(25)23-10-15(14-6-4-3-5-7-14)16(11-23)18-20-12-26-22-18/h3-7,12,15-17H,8-11H2,1-2H3,(H,21,24)/t15-,16-,17-/m0/s1. The van der Waals surface area contributed by atoms with Gasteiger partial charge < -0.3 is 14.7 Å². The zero-order chi connectivity index (χ0) is 19.2. The third-order valence-electron chi connectivity index (χ3n) is 4.86. The summed E-state index contributed by atoms with van der Waals surface area (Å²) in [5.74, 6) is 1.23. The highest BCUT2D eigenvalue weighted by Crippen LogP contribution is 2.38. The molecule has 0 spiro atoms. The molecule has 2 heterocycles. The van der Waals surface area contributed by atoms with Crippen molar-refractivity contribution < 1.29 is 14.1 Å². The first-order valence-corrected chi connectivity index (χ1v) is 10.4. The molecule has 2 aromatic rings. The first-order valence-electron chi connectivity index (χ1n) is 8.96.